The maximum Gasteiger partial charge on any atom is 0.411 e. The zero-order valence-electron chi connectivity index (χ0n) is 17.6. The molecule has 1 aromatic carbocycles. The molecule has 0 N–H and O–H groups in total. The van der Waals surface area contributed by atoms with E-state index in [2.05, 4.69) is 4.74 Å². The number of carbonyl (C=O) groups excluding carboxylic acids is 3. The highest BCUT2D eigenvalue weighted by Gasteiger charge is 2.30. The Morgan fingerprint density at radius 3 is 2.48 bits per heavy atom. The van der Waals surface area contributed by atoms with Gasteiger partial charge in [0.1, 0.15) is 6.61 Å². The van der Waals surface area contributed by atoms with E-state index < -0.39 is 18.7 Å². The van der Waals surface area contributed by atoms with E-state index in [9.17, 15) is 27.6 Å². The maximum absolute atomic E-state index is 12.6. The number of rotatable bonds is 8. The number of likely N-dealkylation sites (N-methyl/N-ethyl adjacent to an activating group) is 1. The molecule has 0 aromatic heterocycles. The Morgan fingerprint density at radius 2 is 1.87 bits per heavy atom. The molecule has 0 radical (unpaired) electrons. The molecular weight excluding hydrogens is 417 g/mol. The Labute approximate surface area is 179 Å². The van der Waals surface area contributed by atoms with Crippen LogP contribution in [0.2, 0.25) is 0 Å². The van der Waals surface area contributed by atoms with Gasteiger partial charge in [-0.1, -0.05) is 12.1 Å². The molecule has 1 aliphatic heterocycles. The fraction of sp³-hybridized carbons (Fsp3) is 0.571. The van der Waals surface area contributed by atoms with Gasteiger partial charge >= 0.3 is 12.1 Å². The van der Waals surface area contributed by atoms with E-state index in [4.69, 9.17) is 4.74 Å². The van der Waals surface area contributed by atoms with Gasteiger partial charge in [0, 0.05) is 25.7 Å². The second-order valence-electron chi connectivity index (χ2n) is 7.40. The number of alkyl halides is 3. The SMILES string of the molecule is CCOC(=O)C1CCCN(C(=O)CN(C)C(=O)c2ccc(COCC(F)(F)F)cc2)C1. The molecule has 2 amide bonds. The van der Waals surface area contributed by atoms with E-state index in [0.29, 0.717) is 30.5 Å². The molecule has 7 nitrogen and oxygen atoms in total. The smallest absolute Gasteiger partial charge is 0.411 e. The molecule has 0 saturated carbocycles. The number of halogens is 3. The van der Waals surface area contributed by atoms with E-state index in [1.165, 1.54) is 36.2 Å². The molecule has 1 heterocycles. The predicted octanol–water partition coefficient (Wildman–Crippen LogP) is 2.64. The van der Waals surface area contributed by atoms with Crippen molar-refractivity contribution in [1.29, 1.82) is 0 Å². The molecule has 2 rings (SSSR count). The van der Waals surface area contributed by atoms with Crippen LogP contribution >= 0.6 is 0 Å². The standard InChI is InChI=1S/C21H27F3N2O5/c1-3-31-20(29)17-5-4-10-26(11-17)18(27)12-25(2)19(28)16-8-6-15(7-9-16)13-30-14-21(22,23)24/h6-9,17H,3-5,10-14H2,1-2H3. The third-order valence-corrected chi connectivity index (χ3v) is 4.85. The van der Waals surface area contributed by atoms with Crippen molar-refractivity contribution in [2.75, 3.05) is 39.9 Å². The number of ether oxygens (including phenoxy) is 2. The summed E-state index contributed by atoms with van der Waals surface area (Å²) in [5, 5.41) is 0. The summed E-state index contributed by atoms with van der Waals surface area (Å²) < 4.78 is 46.0. The van der Waals surface area contributed by atoms with E-state index >= 15 is 0 Å². The minimum absolute atomic E-state index is 0.148. The van der Waals surface area contributed by atoms with Gasteiger partial charge in [-0.25, -0.2) is 0 Å². The molecule has 1 saturated heterocycles. The van der Waals surface area contributed by atoms with E-state index in [0.717, 1.165) is 0 Å². The second kappa shape index (κ2) is 11.1. The Kier molecular flexibility index (Phi) is 8.85. The number of amides is 2. The van der Waals surface area contributed by atoms with Gasteiger partial charge in [0.05, 0.1) is 25.7 Å². The quantitative estimate of drug-likeness (QED) is 0.577. The third-order valence-electron chi connectivity index (χ3n) is 4.85. The first-order valence-corrected chi connectivity index (χ1v) is 10.0. The van der Waals surface area contributed by atoms with Gasteiger partial charge in [-0.15, -0.1) is 0 Å². The Morgan fingerprint density at radius 1 is 1.19 bits per heavy atom. The Balaban J connectivity index is 1.87. The highest BCUT2D eigenvalue weighted by molar-refractivity contribution is 5.96. The topological polar surface area (TPSA) is 76.2 Å². The Bertz CT molecular complexity index is 767. The first-order chi connectivity index (χ1) is 14.6. The Hall–Kier alpha value is -2.62. The zero-order chi connectivity index (χ0) is 23.0. The number of benzene rings is 1. The van der Waals surface area contributed by atoms with Crippen LogP contribution in [-0.4, -0.2) is 73.7 Å². The van der Waals surface area contributed by atoms with Gasteiger partial charge in [-0.3, -0.25) is 14.4 Å². The van der Waals surface area contributed by atoms with Crippen molar-refractivity contribution in [3.63, 3.8) is 0 Å². The van der Waals surface area contributed by atoms with Crippen LogP contribution in [0, 0.1) is 5.92 Å². The summed E-state index contributed by atoms with van der Waals surface area (Å²) in [6.45, 7) is 1.09. The molecule has 1 unspecified atom stereocenters. The summed E-state index contributed by atoms with van der Waals surface area (Å²) >= 11 is 0. The largest absolute Gasteiger partial charge is 0.466 e. The molecule has 0 aliphatic carbocycles. The number of piperidine rings is 1. The highest BCUT2D eigenvalue weighted by Crippen LogP contribution is 2.19. The van der Waals surface area contributed by atoms with Crippen molar-refractivity contribution >= 4 is 17.8 Å². The molecule has 10 heteroatoms. The monoisotopic (exact) mass is 444 g/mol. The van der Waals surface area contributed by atoms with Crippen LogP contribution in [0.5, 0.6) is 0 Å². The molecular formula is C21H27F3N2O5. The van der Waals surface area contributed by atoms with Gasteiger partial charge < -0.3 is 19.3 Å². The molecule has 1 atom stereocenters. The number of nitrogens with zero attached hydrogens (tertiary/aromatic N) is 2. The van der Waals surface area contributed by atoms with Crippen molar-refractivity contribution in [3.8, 4) is 0 Å². The first-order valence-electron chi connectivity index (χ1n) is 10.0. The van der Waals surface area contributed by atoms with Gasteiger partial charge in [0.15, 0.2) is 0 Å². The van der Waals surface area contributed by atoms with Gasteiger partial charge in [0.2, 0.25) is 5.91 Å². The first kappa shape index (κ1) is 24.6. The predicted molar refractivity (Wildman–Crippen MR) is 105 cm³/mol. The normalized spacial score (nSPS) is 16.7. The lowest BCUT2D eigenvalue weighted by Crippen LogP contribution is -2.47. The lowest BCUT2D eigenvalue weighted by atomic mass is 9.98. The van der Waals surface area contributed by atoms with Crippen LogP contribution in [0.3, 0.4) is 0 Å². The van der Waals surface area contributed by atoms with Crippen LogP contribution in [0.15, 0.2) is 24.3 Å². The molecule has 0 bridgehead atoms. The maximum atomic E-state index is 12.6. The summed E-state index contributed by atoms with van der Waals surface area (Å²) in [5.41, 5.74) is 0.802. The van der Waals surface area contributed by atoms with Crippen LogP contribution in [0.25, 0.3) is 0 Å². The van der Waals surface area contributed by atoms with Gasteiger partial charge in [-0.2, -0.15) is 13.2 Å². The minimum atomic E-state index is -4.39. The van der Waals surface area contributed by atoms with Gasteiger partial charge in [0.25, 0.3) is 5.91 Å². The average Bonchev–Trinajstić information content (AvgIpc) is 2.73. The third kappa shape index (κ3) is 7.86. The fourth-order valence-electron chi connectivity index (χ4n) is 3.28. The molecule has 31 heavy (non-hydrogen) atoms. The summed E-state index contributed by atoms with van der Waals surface area (Å²) in [6.07, 6.45) is -3.04. The van der Waals surface area contributed by atoms with Crippen molar-refractivity contribution in [2.45, 2.75) is 32.5 Å². The average molecular weight is 444 g/mol. The summed E-state index contributed by atoms with van der Waals surface area (Å²) in [6, 6.07) is 5.97. The second-order valence-corrected chi connectivity index (χ2v) is 7.40. The lowest BCUT2D eigenvalue weighted by Gasteiger charge is -2.32. The fourth-order valence-corrected chi connectivity index (χ4v) is 3.28. The van der Waals surface area contributed by atoms with Crippen molar-refractivity contribution in [2.24, 2.45) is 5.92 Å². The lowest BCUT2D eigenvalue weighted by molar-refractivity contribution is -0.176. The van der Waals surface area contributed by atoms with Crippen molar-refractivity contribution < 1.29 is 37.0 Å². The van der Waals surface area contributed by atoms with Crippen LogP contribution in [0.1, 0.15) is 35.7 Å². The minimum Gasteiger partial charge on any atom is -0.466 e. The number of hydrogen-bond acceptors (Lipinski definition) is 5. The van der Waals surface area contributed by atoms with E-state index in [-0.39, 0.29) is 44.1 Å². The highest BCUT2D eigenvalue weighted by atomic mass is 19.4. The number of esters is 1. The summed E-state index contributed by atoms with van der Waals surface area (Å²) in [4.78, 5) is 39.9. The zero-order valence-corrected chi connectivity index (χ0v) is 17.6. The van der Waals surface area contributed by atoms with Crippen molar-refractivity contribution in [3.05, 3.63) is 35.4 Å². The number of carbonyl (C=O) groups is 3. The molecule has 0 spiro atoms. The van der Waals surface area contributed by atoms with Crippen LogP contribution in [0.4, 0.5) is 13.2 Å². The van der Waals surface area contributed by atoms with E-state index in [1.807, 2.05) is 0 Å². The van der Waals surface area contributed by atoms with Crippen LogP contribution < -0.4 is 0 Å². The number of hydrogen-bond donors (Lipinski definition) is 0. The summed E-state index contributed by atoms with van der Waals surface area (Å²) in [7, 11) is 1.49. The van der Waals surface area contributed by atoms with Gasteiger partial charge in [-0.05, 0) is 37.5 Å². The number of likely N-dealkylation sites (tertiary alicyclic amines) is 1. The summed E-state index contributed by atoms with van der Waals surface area (Å²) in [5.74, 6) is -1.33. The molecule has 1 aliphatic rings. The van der Waals surface area contributed by atoms with Crippen LogP contribution in [-0.2, 0) is 25.7 Å². The van der Waals surface area contributed by atoms with Crippen molar-refractivity contribution in [1.82, 2.24) is 9.80 Å². The molecule has 1 aromatic rings. The van der Waals surface area contributed by atoms with E-state index in [1.54, 1.807) is 11.8 Å². The molecule has 172 valence electrons. The molecule has 1 fully saturated rings.